The summed E-state index contributed by atoms with van der Waals surface area (Å²) in [5.41, 5.74) is 1.44. The first kappa shape index (κ1) is 18.4. The Balaban J connectivity index is 2.24. The SMILES string of the molecule is C=CC(=O)OCCCCOC(=O)/C=C/c1ccc(C(C)=O)cc1. The zero-order chi connectivity index (χ0) is 17.1. The van der Waals surface area contributed by atoms with E-state index in [0.29, 0.717) is 18.4 Å². The Hall–Kier alpha value is -2.69. The van der Waals surface area contributed by atoms with Crippen molar-refractivity contribution in [1.29, 1.82) is 0 Å². The van der Waals surface area contributed by atoms with Gasteiger partial charge in [0.2, 0.25) is 0 Å². The van der Waals surface area contributed by atoms with Crippen LogP contribution >= 0.6 is 0 Å². The lowest BCUT2D eigenvalue weighted by molar-refractivity contribution is -0.140. The van der Waals surface area contributed by atoms with Gasteiger partial charge in [-0.1, -0.05) is 30.8 Å². The number of rotatable bonds is 9. The topological polar surface area (TPSA) is 69.7 Å². The lowest BCUT2D eigenvalue weighted by Gasteiger charge is -2.03. The lowest BCUT2D eigenvalue weighted by atomic mass is 10.1. The third-order valence-electron chi connectivity index (χ3n) is 2.92. The first-order chi connectivity index (χ1) is 11.0. The minimum Gasteiger partial charge on any atom is -0.463 e. The first-order valence-electron chi connectivity index (χ1n) is 7.28. The van der Waals surface area contributed by atoms with E-state index in [1.165, 1.54) is 13.0 Å². The third-order valence-corrected chi connectivity index (χ3v) is 2.92. The highest BCUT2D eigenvalue weighted by Crippen LogP contribution is 2.07. The van der Waals surface area contributed by atoms with Gasteiger partial charge in [-0.2, -0.15) is 0 Å². The van der Waals surface area contributed by atoms with Crippen LogP contribution in [0.15, 0.2) is 43.0 Å². The van der Waals surface area contributed by atoms with Gasteiger partial charge in [-0.25, -0.2) is 9.59 Å². The highest BCUT2D eigenvalue weighted by atomic mass is 16.5. The van der Waals surface area contributed by atoms with E-state index in [0.717, 1.165) is 11.6 Å². The monoisotopic (exact) mass is 316 g/mol. The maximum atomic E-state index is 11.5. The number of ketones is 1. The van der Waals surface area contributed by atoms with Crippen LogP contribution in [-0.4, -0.2) is 30.9 Å². The number of hydrogen-bond acceptors (Lipinski definition) is 5. The van der Waals surface area contributed by atoms with Crippen molar-refractivity contribution in [3.8, 4) is 0 Å². The summed E-state index contributed by atoms with van der Waals surface area (Å²) < 4.78 is 9.81. The molecule has 5 heteroatoms. The Bertz CT molecular complexity index is 584. The number of ether oxygens (including phenoxy) is 2. The van der Waals surface area contributed by atoms with E-state index in [1.807, 2.05) is 0 Å². The van der Waals surface area contributed by atoms with Gasteiger partial charge in [0.15, 0.2) is 5.78 Å². The second-order valence-electron chi connectivity index (χ2n) is 4.76. The molecule has 0 amide bonds. The molecule has 0 heterocycles. The van der Waals surface area contributed by atoms with E-state index in [1.54, 1.807) is 30.3 Å². The summed E-state index contributed by atoms with van der Waals surface area (Å²) >= 11 is 0. The highest BCUT2D eigenvalue weighted by molar-refractivity contribution is 5.94. The molecule has 0 spiro atoms. The van der Waals surface area contributed by atoms with Crippen molar-refractivity contribution in [2.45, 2.75) is 19.8 Å². The lowest BCUT2D eigenvalue weighted by Crippen LogP contribution is -2.05. The maximum absolute atomic E-state index is 11.5. The summed E-state index contributed by atoms with van der Waals surface area (Å²) in [5, 5.41) is 0. The molecule has 0 fully saturated rings. The Morgan fingerprint density at radius 1 is 1.00 bits per heavy atom. The van der Waals surface area contributed by atoms with Crippen molar-refractivity contribution in [3.05, 3.63) is 54.1 Å². The maximum Gasteiger partial charge on any atom is 0.330 e. The molecule has 23 heavy (non-hydrogen) atoms. The molecular weight excluding hydrogens is 296 g/mol. The predicted octanol–water partition coefficient (Wildman–Crippen LogP) is 2.96. The molecule has 1 aromatic carbocycles. The molecule has 1 rings (SSSR count). The van der Waals surface area contributed by atoms with Gasteiger partial charge in [0.25, 0.3) is 0 Å². The van der Waals surface area contributed by atoms with Gasteiger partial charge in [0, 0.05) is 17.7 Å². The Morgan fingerprint density at radius 3 is 2.09 bits per heavy atom. The summed E-state index contributed by atoms with van der Waals surface area (Å²) in [6.45, 7) is 5.33. The van der Waals surface area contributed by atoms with E-state index in [2.05, 4.69) is 6.58 Å². The quantitative estimate of drug-likeness (QED) is 0.303. The van der Waals surface area contributed by atoms with Gasteiger partial charge < -0.3 is 9.47 Å². The smallest absolute Gasteiger partial charge is 0.330 e. The number of unbranched alkanes of at least 4 members (excludes halogenated alkanes) is 1. The normalized spacial score (nSPS) is 10.3. The Kier molecular flexibility index (Phi) is 8.07. The van der Waals surface area contributed by atoms with Crippen molar-refractivity contribution >= 4 is 23.8 Å². The van der Waals surface area contributed by atoms with Crippen molar-refractivity contribution in [2.75, 3.05) is 13.2 Å². The summed E-state index contributed by atoms with van der Waals surface area (Å²) in [5.74, 6) is -0.900. The van der Waals surface area contributed by atoms with Crippen molar-refractivity contribution in [2.24, 2.45) is 0 Å². The zero-order valence-electron chi connectivity index (χ0n) is 13.1. The molecule has 0 saturated carbocycles. The van der Waals surface area contributed by atoms with Gasteiger partial charge in [-0.3, -0.25) is 4.79 Å². The van der Waals surface area contributed by atoms with Gasteiger partial charge in [-0.05, 0) is 31.4 Å². The van der Waals surface area contributed by atoms with Gasteiger partial charge in [0.05, 0.1) is 13.2 Å². The van der Waals surface area contributed by atoms with E-state index in [-0.39, 0.29) is 19.0 Å². The molecule has 1 aromatic rings. The number of carbonyl (C=O) groups is 3. The second-order valence-corrected chi connectivity index (χ2v) is 4.76. The minimum atomic E-state index is -0.458. The fourth-order valence-electron chi connectivity index (χ4n) is 1.65. The van der Waals surface area contributed by atoms with E-state index < -0.39 is 11.9 Å². The molecule has 0 unspecified atom stereocenters. The molecule has 0 N–H and O–H groups in total. The van der Waals surface area contributed by atoms with Crippen LogP contribution in [0.1, 0.15) is 35.7 Å². The van der Waals surface area contributed by atoms with Crippen molar-refractivity contribution in [1.82, 2.24) is 0 Å². The van der Waals surface area contributed by atoms with E-state index >= 15 is 0 Å². The molecular formula is C18H20O5. The number of hydrogen-bond donors (Lipinski definition) is 0. The summed E-state index contributed by atoms with van der Waals surface area (Å²) in [4.78, 5) is 33.4. The van der Waals surface area contributed by atoms with Crippen LogP contribution in [0.25, 0.3) is 6.08 Å². The van der Waals surface area contributed by atoms with E-state index in [9.17, 15) is 14.4 Å². The van der Waals surface area contributed by atoms with E-state index in [4.69, 9.17) is 9.47 Å². The number of benzene rings is 1. The van der Waals surface area contributed by atoms with Gasteiger partial charge >= 0.3 is 11.9 Å². The molecule has 0 aliphatic heterocycles. The first-order valence-corrected chi connectivity index (χ1v) is 7.28. The predicted molar refractivity (Wildman–Crippen MR) is 86.8 cm³/mol. The largest absolute Gasteiger partial charge is 0.463 e. The Labute approximate surface area is 135 Å². The van der Waals surface area contributed by atoms with Crippen LogP contribution in [0.4, 0.5) is 0 Å². The standard InChI is InChI=1S/C18H20O5/c1-3-17(20)22-12-4-5-13-23-18(21)11-8-15-6-9-16(10-7-15)14(2)19/h3,6-11H,1,4-5,12-13H2,2H3/b11-8+. The third kappa shape index (κ3) is 7.76. The number of esters is 2. The molecule has 0 radical (unpaired) electrons. The van der Waals surface area contributed by atoms with Crippen LogP contribution in [0, 0.1) is 0 Å². The van der Waals surface area contributed by atoms with Gasteiger partial charge in [0.1, 0.15) is 0 Å². The summed E-state index contributed by atoms with van der Waals surface area (Å²) in [7, 11) is 0. The molecule has 0 atom stereocenters. The van der Waals surface area contributed by atoms with Crippen LogP contribution in [0.5, 0.6) is 0 Å². The average Bonchev–Trinajstić information content (AvgIpc) is 2.56. The number of carbonyl (C=O) groups excluding carboxylic acids is 3. The summed E-state index contributed by atoms with van der Waals surface area (Å²) in [6.07, 6.45) is 5.28. The van der Waals surface area contributed by atoms with Crippen LogP contribution in [-0.2, 0) is 19.1 Å². The Morgan fingerprint density at radius 2 is 1.57 bits per heavy atom. The fraction of sp³-hybridized carbons (Fsp3) is 0.278. The molecule has 0 saturated heterocycles. The van der Waals surface area contributed by atoms with Crippen molar-refractivity contribution in [3.63, 3.8) is 0 Å². The molecule has 5 nitrogen and oxygen atoms in total. The zero-order valence-corrected chi connectivity index (χ0v) is 13.1. The fourth-order valence-corrected chi connectivity index (χ4v) is 1.65. The molecule has 0 aromatic heterocycles. The molecule has 0 aliphatic rings. The van der Waals surface area contributed by atoms with Crippen molar-refractivity contribution < 1.29 is 23.9 Å². The molecule has 0 aliphatic carbocycles. The molecule has 122 valence electrons. The second kappa shape index (κ2) is 10.1. The number of Topliss-reactive ketones (excluding diaryl/α,β-unsaturated/α-hetero) is 1. The minimum absolute atomic E-state index is 0.00120. The van der Waals surface area contributed by atoms with Crippen LogP contribution in [0.3, 0.4) is 0 Å². The highest BCUT2D eigenvalue weighted by Gasteiger charge is 2.00. The molecule has 0 bridgehead atoms. The van der Waals surface area contributed by atoms with Crippen LogP contribution in [0.2, 0.25) is 0 Å². The van der Waals surface area contributed by atoms with Crippen LogP contribution < -0.4 is 0 Å². The van der Waals surface area contributed by atoms with Gasteiger partial charge in [-0.15, -0.1) is 0 Å². The summed E-state index contributed by atoms with van der Waals surface area (Å²) in [6, 6.07) is 6.93. The average molecular weight is 316 g/mol.